The van der Waals surface area contributed by atoms with Gasteiger partial charge < -0.3 is 9.64 Å². The van der Waals surface area contributed by atoms with E-state index in [4.69, 9.17) is 0 Å². The molecule has 0 heterocycles. The van der Waals surface area contributed by atoms with E-state index in [2.05, 4.69) is 16.9 Å². The second-order valence-corrected chi connectivity index (χ2v) is 5.55. The molecule has 0 saturated heterocycles. The number of allylic oxidation sites excluding steroid dienone is 3. The van der Waals surface area contributed by atoms with Gasteiger partial charge in [0.25, 0.3) is 0 Å². The van der Waals surface area contributed by atoms with Crippen molar-refractivity contribution in [3.8, 4) is 0 Å². The van der Waals surface area contributed by atoms with Crippen LogP contribution in [0.25, 0.3) is 0 Å². The molecule has 0 N–H and O–H groups in total. The number of esters is 1. The second-order valence-electron chi connectivity index (χ2n) is 5.55. The summed E-state index contributed by atoms with van der Waals surface area (Å²) in [7, 11) is 1.41. The summed E-state index contributed by atoms with van der Waals surface area (Å²) in [4.78, 5) is 24.7. The number of carbonyl (C=O) groups excluding carboxylic acids is 2. The Bertz CT molecular complexity index is 424. The molecule has 4 nitrogen and oxygen atoms in total. The third-order valence-electron chi connectivity index (χ3n) is 3.80. The van der Waals surface area contributed by atoms with Crippen molar-refractivity contribution in [2.24, 2.45) is 0 Å². The zero-order chi connectivity index (χ0) is 15.7. The largest absolute Gasteiger partial charge is 0.469 e. The van der Waals surface area contributed by atoms with Crippen molar-refractivity contribution >= 4 is 11.9 Å². The zero-order valence-electron chi connectivity index (χ0n) is 13.5. The first-order chi connectivity index (χ1) is 10.0. The van der Waals surface area contributed by atoms with E-state index in [0.29, 0.717) is 13.0 Å². The van der Waals surface area contributed by atoms with Crippen molar-refractivity contribution in [1.29, 1.82) is 0 Å². The lowest BCUT2D eigenvalue weighted by atomic mass is 10.0. The molecule has 0 aromatic rings. The maximum Gasteiger partial charge on any atom is 0.305 e. The summed E-state index contributed by atoms with van der Waals surface area (Å²) in [6.07, 6.45) is 10.8. The molecule has 0 atom stereocenters. The topological polar surface area (TPSA) is 46.6 Å². The van der Waals surface area contributed by atoms with Crippen molar-refractivity contribution < 1.29 is 14.3 Å². The molecule has 0 bridgehead atoms. The summed E-state index contributed by atoms with van der Waals surface area (Å²) >= 11 is 0. The molecule has 0 fully saturated rings. The number of hydrogen-bond acceptors (Lipinski definition) is 3. The molecule has 4 heteroatoms. The number of nitrogens with zero attached hydrogens (tertiary/aromatic N) is 1. The van der Waals surface area contributed by atoms with Gasteiger partial charge in [0, 0.05) is 25.6 Å². The minimum atomic E-state index is -0.166. The maximum absolute atomic E-state index is 11.8. The molecular formula is C17H27NO3. The zero-order valence-corrected chi connectivity index (χ0v) is 13.5. The van der Waals surface area contributed by atoms with Crippen LogP contribution in [0.2, 0.25) is 0 Å². The van der Waals surface area contributed by atoms with Crippen LogP contribution < -0.4 is 0 Å². The highest BCUT2D eigenvalue weighted by Crippen LogP contribution is 2.21. The van der Waals surface area contributed by atoms with Crippen molar-refractivity contribution in [1.82, 2.24) is 4.90 Å². The van der Waals surface area contributed by atoms with E-state index < -0.39 is 0 Å². The van der Waals surface area contributed by atoms with E-state index in [0.717, 1.165) is 37.8 Å². The van der Waals surface area contributed by atoms with Crippen molar-refractivity contribution in [3.05, 3.63) is 23.4 Å². The van der Waals surface area contributed by atoms with Gasteiger partial charge >= 0.3 is 5.97 Å². The molecule has 0 aromatic carbocycles. The first-order valence-electron chi connectivity index (χ1n) is 7.74. The summed E-state index contributed by atoms with van der Waals surface area (Å²) in [5.74, 6) is -0.0673. The monoisotopic (exact) mass is 293 g/mol. The lowest BCUT2D eigenvalue weighted by Gasteiger charge is -2.25. The van der Waals surface area contributed by atoms with E-state index in [1.165, 1.54) is 19.1 Å². The number of methoxy groups -OCH3 is 1. The fourth-order valence-corrected chi connectivity index (χ4v) is 2.48. The normalized spacial score (nSPS) is 15.4. The van der Waals surface area contributed by atoms with Gasteiger partial charge in [-0.3, -0.25) is 9.59 Å². The van der Waals surface area contributed by atoms with Crippen molar-refractivity contribution in [2.75, 3.05) is 13.7 Å². The van der Waals surface area contributed by atoms with E-state index in [9.17, 15) is 9.59 Å². The Labute approximate surface area is 127 Å². The third kappa shape index (κ3) is 6.61. The first-order valence-corrected chi connectivity index (χ1v) is 7.74. The molecule has 0 spiro atoms. The fraction of sp³-hybridized carbons (Fsp3) is 0.647. The van der Waals surface area contributed by atoms with Crippen molar-refractivity contribution in [3.63, 3.8) is 0 Å². The Morgan fingerprint density at radius 1 is 1.29 bits per heavy atom. The Kier molecular flexibility index (Phi) is 7.80. The standard InChI is InChI=1S/C17H27NO3/c1-14(8-7-11-17(20)21-3)12-13-18(15(2)19)16-9-5-4-6-10-16/h9,12H,4-8,10-11,13H2,1-3H3/b14-12+. The minimum absolute atomic E-state index is 0.0989. The summed E-state index contributed by atoms with van der Waals surface area (Å²) in [6.45, 7) is 4.30. The Balaban J connectivity index is 2.47. The van der Waals surface area contributed by atoms with Gasteiger partial charge in [0.15, 0.2) is 0 Å². The molecule has 118 valence electrons. The smallest absolute Gasteiger partial charge is 0.305 e. The van der Waals surface area contributed by atoms with Crippen LogP contribution in [0.3, 0.4) is 0 Å². The van der Waals surface area contributed by atoms with Crippen LogP contribution in [-0.4, -0.2) is 30.4 Å². The van der Waals surface area contributed by atoms with Crippen LogP contribution in [0.15, 0.2) is 23.4 Å². The highest BCUT2D eigenvalue weighted by atomic mass is 16.5. The molecule has 0 saturated carbocycles. The Morgan fingerprint density at radius 3 is 2.62 bits per heavy atom. The average molecular weight is 293 g/mol. The molecule has 1 amide bonds. The van der Waals surface area contributed by atoms with Crippen LogP contribution in [0, 0.1) is 0 Å². The quantitative estimate of drug-likeness (QED) is 0.532. The predicted molar refractivity (Wildman–Crippen MR) is 83.6 cm³/mol. The van der Waals surface area contributed by atoms with E-state index in [1.54, 1.807) is 6.92 Å². The van der Waals surface area contributed by atoms with Gasteiger partial charge in [-0.2, -0.15) is 0 Å². The second kappa shape index (κ2) is 9.37. The van der Waals surface area contributed by atoms with Gasteiger partial charge in [-0.25, -0.2) is 0 Å². The molecule has 1 aliphatic rings. The number of hydrogen-bond donors (Lipinski definition) is 0. The van der Waals surface area contributed by atoms with E-state index in [-0.39, 0.29) is 11.9 Å². The molecule has 1 aliphatic carbocycles. The molecule has 0 aliphatic heterocycles. The summed E-state index contributed by atoms with van der Waals surface area (Å²) in [5.41, 5.74) is 2.37. The molecule has 0 radical (unpaired) electrons. The van der Waals surface area contributed by atoms with Gasteiger partial charge in [0.1, 0.15) is 0 Å². The average Bonchev–Trinajstić information content (AvgIpc) is 2.48. The molecule has 1 rings (SSSR count). The highest BCUT2D eigenvalue weighted by Gasteiger charge is 2.14. The van der Waals surface area contributed by atoms with Gasteiger partial charge in [-0.15, -0.1) is 0 Å². The maximum atomic E-state index is 11.8. The SMILES string of the molecule is COC(=O)CCC/C(C)=C/CN(C(C)=O)C1=CCCCC1. The van der Waals surface area contributed by atoms with Gasteiger partial charge in [-0.1, -0.05) is 17.7 Å². The third-order valence-corrected chi connectivity index (χ3v) is 3.80. The minimum Gasteiger partial charge on any atom is -0.469 e. The number of amides is 1. The number of carbonyl (C=O) groups is 2. The van der Waals surface area contributed by atoms with Crippen molar-refractivity contribution in [2.45, 2.75) is 58.8 Å². The Hall–Kier alpha value is -1.58. The van der Waals surface area contributed by atoms with Crippen LogP contribution in [0.1, 0.15) is 58.8 Å². The van der Waals surface area contributed by atoms with Crippen LogP contribution >= 0.6 is 0 Å². The molecular weight excluding hydrogens is 266 g/mol. The van der Waals surface area contributed by atoms with Crippen LogP contribution in [0.5, 0.6) is 0 Å². The summed E-state index contributed by atoms with van der Waals surface area (Å²) in [6, 6.07) is 0. The number of ether oxygens (including phenoxy) is 1. The van der Waals surface area contributed by atoms with E-state index >= 15 is 0 Å². The van der Waals surface area contributed by atoms with Gasteiger partial charge in [0.2, 0.25) is 5.91 Å². The fourth-order valence-electron chi connectivity index (χ4n) is 2.48. The summed E-state index contributed by atoms with van der Waals surface area (Å²) in [5, 5.41) is 0. The molecule has 0 unspecified atom stereocenters. The first kappa shape index (κ1) is 17.5. The van der Waals surface area contributed by atoms with Gasteiger partial charge in [0.05, 0.1) is 7.11 Å². The lowest BCUT2D eigenvalue weighted by molar-refractivity contribution is -0.140. The van der Waals surface area contributed by atoms with Crippen LogP contribution in [-0.2, 0) is 14.3 Å². The Morgan fingerprint density at radius 2 is 2.05 bits per heavy atom. The molecule has 21 heavy (non-hydrogen) atoms. The predicted octanol–water partition coefficient (Wildman–Crippen LogP) is 3.58. The number of rotatable bonds is 7. The highest BCUT2D eigenvalue weighted by molar-refractivity contribution is 5.75. The lowest BCUT2D eigenvalue weighted by Crippen LogP contribution is -2.29. The van der Waals surface area contributed by atoms with E-state index in [1.807, 2.05) is 11.8 Å². The summed E-state index contributed by atoms with van der Waals surface area (Å²) < 4.78 is 4.62. The van der Waals surface area contributed by atoms with Crippen LogP contribution in [0.4, 0.5) is 0 Å². The molecule has 0 aromatic heterocycles. The van der Waals surface area contributed by atoms with Gasteiger partial charge in [-0.05, 0) is 45.4 Å².